The molecule has 4 heterocycles. The van der Waals surface area contributed by atoms with Crippen LogP contribution in [0.5, 0.6) is 11.5 Å². The summed E-state index contributed by atoms with van der Waals surface area (Å²) in [7, 11) is -3.05. The third-order valence-corrected chi connectivity index (χ3v) is 10.3. The van der Waals surface area contributed by atoms with Crippen LogP contribution < -0.4 is 18.7 Å². The van der Waals surface area contributed by atoms with Crippen molar-refractivity contribution in [2.75, 3.05) is 49.1 Å². The summed E-state index contributed by atoms with van der Waals surface area (Å²) >= 11 is 0. The van der Waals surface area contributed by atoms with E-state index in [-0.39, 0.29) is 16.6 Å². The van der Waals surface area contributed by atoms with E-state index in [1.165, 1.54) is 37.6 Å². The summed E-state index contributed by atoms with van der Waals surface area (Å²) in [5, 5.41) is 9.66. The monoisotopic (exact) mass is 652 g/mol. The number of rotatable bonds is 9. The van der Waals surface area contributed by atoms with Gasteiger partial charge in [-0.3, -0.25) is 14.7 Å². The SMILES string of the molecule is CCOc1ccccc1C1(N2CCN(c3ccnc(C(C)C)c3)CC2)C(=O)N(S(=O)(=O)c2ccc(OC)cn2)c2ccc(C#N)cc21. The largest absolute Gasteiger partial charge is 0.495 e. The second-order valence-corrected chi connectivity index (χ2v) is 13.4. The molecule has 1 fully saturated rings. The first kappa shape index (κ1) is 32.0. The minimum atomic E-state index is -4.51. The first-order valence-corrected chi connectivity index (χ1v) is 16.9. The van der Waals surface area contributed by atoms with Gasteiger partial charge < -0.3 is 14.4 Å². The highest BCUT2D eigenvalue weighted by Crippen LogP contribution is 2.53. The van der Waals surface area contributed by atoms with Gasteiger partial charge in [0, 0.05) is 54.9 Å². The van der Waals surface area contributed by atoms with Gasteiger partial charge in [-0.25, -0.2) is 4.98 Å². The van der Waals surface area contributed by atoms with Crippen molar-refractivity contribution >= 4 is 27.3 Å². The van der Waals surface area contributed by atoms with Gasteiger partial charge in [0.25, 0.3) is 15.9 Å². The van der Waals surface area contributed by atoms with Gasteiger partial charge in [0.15, 0.2) is 10.6 Å². The third kappa shape index (κ3) is 5.35. The molecule has 2 aliphatic rings. The predicted molar refractivity (Wildman–Crippen MR) is 177 cm³/mol. The fraction of sp³-hybridized carbons (Fsp3) is 0.314. The van der Waals surface area contributed by atoms with Crippen LogP contribution >= 0.6 is 0 Å². The zero-order valence-electron chi connectivity index (χ0n) is 26.8. The van der Waals surface area contributed by atoms with Crippen LogP contribution in [0, 0.1) is 11.3 Å². The fourth-order valence-corrected chi connectivity index (χ4v) is 7.83. The van der Waals surface area contributed by atoms with E-state index in [1.807, 2.05) is 36.2 Å². The molecule has 242 valence electrons. The van der Waals surface area contributed by atoms with Gasteiger partial charge in [0.1, 0.15) is 11.5 Å². The first-order chi connectivity index (χ1) is 22.7. The molecule has 0 saturated carbocycles. The van der Waals surface area contributed by atoms with Gasteiger partial charge in [0.2, 0.25) is 0 Å². The molecule has 0 bridgehead atoms. The van der Waals surface area contributed by atoms with Crippen molar-refractivity contribution in [3.63, 3.8) is 0 Å². The Balaban J connectivity index is 1.52. The second kappa shape index (κ2) is 12.7. The molecule has 1 unspecified atom stereocenters. The average Bonchev–Trinajstić information content (AvgIpc) is 3.37. The van der Waals surface area contributed by atoms with E-state index in [1.54, 1.807) is 18.2 Å². The van der Waals surface area contributed by atoms with Crippen LogP contribution in [0.25, 0.3) is 0 Å². The Morgan fingerprint density at radius 1 is 0.979 bits per heavy atom. The van der Waals surface area contributed by atoms with Gasteiger partial charge >= 0.3 is 0 Å². The molecule has 12 heteroatoms. The van der Waals surface area contributed by atoms with Crippen molar-refractivity contribution in [3.05, 3.63) is 102 Å². The number of amides is 1. The number of piperazine rings is 1. The van der Waals surface area contributed by atoms with Crippen LogP contribution in [-0.4, -0.2) is 69.1 Å². The van der Waals surface area contributed by atoms with Crippen LogP contribution in [0.4, 0.5) is 11.4 Å². The second-order valence-electron chi connectivity index (χ2n) is 11.7. The Bertz CT molecular complexity index is 1950. The molecule has 1 saturated heterocycles. The number of benzene rings is 2. The number of nitrogens with zero attached hydrogens (tertiary/aromatic N) is 6. The van der Waals surface area contributed by atoms with Gasteiger partial charge in [-0.1, -0.05) is 32.0 Å². The fourth-order valence-electron chi connectivity index (χ4n) is 6.45. The zero-order valence-corrected chi connectivity index (χ0v) is 27.6. The lowest BCUT2D eigenvalue weighted by atomic mass is 9.80. The molecule has 11 nitrogen and oxygen atoms in total. The molecule has 2 aromatic carbocycles. The van der Waals surface area contributed by atoms with E-state index in [4.69, 9.17) is 9.47 Å². The van der Waals surface area contributed by atoms with Crippen LogP contribution in [-0.2, 0) is 20.4 Å². The summed E-state index contributed by atoms with van der Waals surface area (Å²) < 4.78 is 40.8. The maximum absolute atomic E-state index is 15.2. The summed E-state index contributed by atoms with van der Waals surface area (Å²) in [5.41, 5.74) is 1.76. The third-order valence-electron chi connectivity index (χ3n) is 8.73. The van der Waals surface area contributed by atoms with Crippen molar-refractivity contribution in [2.45, 2.75) is 37.3 Å². The lowest BCUT2D eigenvalue weighted by Crippen LogP contribution is -2.60. The van der Waals surface area contributed by atoms with E-state index >= 15 is 4.79 Å². The Morgan fingerprint density at radius 2 is 1.74 bits per heavy atom. The Labute approximate surface area is 275 Å². The Hall–Kier alpha value is -4.99. The van der Waals surface area contributed by atoms with E-state index < -0.39 is 21.5 Å². The predicted octanol–water partition coefficient (Wildman–Crippen LogP) is 4.68. The highest BCUT2D eigenvalue weighted by atomic mass is 32.2. The van der Waals surface area contributed by atoms with E-state index in [0.29, 0.717) is 61.0 Å². The number of carbonyl (C=O) groups excluding carboxylic acids is 1. The molecular weight excluding hydrogens is 616 g/mol. The van der Waals surface area contributed by atoms with Crippen molar-refractivity contribution in [1.82, 2.24) is 14.9 Å². The van der Waals surface area contributed by atoms with Gasteiger partial charge in [-0.2, -0.15) is 18.0 Å². The number of carbonyl (C=O) groups is 1. The number of nitriles is 1. The minimum Gasteiger partial charge on any atom is -0.495 e. The van der Waals surface area contributed by atoms with Gasteiger partial charge in [-0.05, 0) is 61.4 Å². The van der Waals surface area contributed by atoms with Gasteiger partial charge in [0.05, 0.1) is 37.2 Å². The molecular formula is C35H36N6O5S. The number of aromatic nitrogens is 2. The lowest BCUT2D eigenvalue weighted by Gasteiger charge is -2.46. The van der Waals surface area contributed by atoms with Crippen LogP contribution in [0.2, 0.25) is 0 Å². The number of sulfonamides is 1. The number of hydrogen-bond donors (Lipinski definition) is 0. The van der Waals surface area contributed by atoms with E-state index in [2.05, 4.69) is 40.9 Å². The Morgan fingerprint density at radius 3 is 2.40 bits per heavy atom. The van der Waals surface area contributed by atoms with Crippen molar-refractivity contribution in [3.8, 4) is 17.6 Å². The molecule has 1 atom stereocenters. The minimum absolute atomic E-state index is 0.163. The topological polar surface area (TPSA) is 129 Å². The molecule has 4 aromatic rings. The van der Waals surface area contributed by atoms with E-state index in [0.717, 1.165) is 15.7 Å². The number of anilines is 2. The summed E-state index contributed by atoms with van der Waals surface area (Å²) in [5.74, 6) is 0.413. The summed E-state index contributed by atoms with van der Waals surface area (Å²) in [6.45, 7) is 8.34. The number of pyridine rings is 2. The summed E-state index contributed by atoms with van der Waals surface area (Å²) in [6, 6.07) is 20.9. The standard InChI is InChI=1S/C35H36N6O5S/c1-5-46-32-9-7-6-8-28(32)35(40-18-16-39(17-19-40)26-14-15-37-30(21-26)24(2)3)29-20-25(22-36)10-12-31(29)41(34(35)42)47(43,44)33-13-11-27(45-4)23-38-33/h6-15,20-21,23-24H,5,16-19H2,1-4H3. The quantitative estimate of drug-likeness (QED) is 0.251. The van der Waals surface area contributed by atoms with Crippen LogP contribution in [0.3, 0.4) is 0 Å². The number of hydrogen-bond acceptors (Lipinski definition) is 10. The molecule has 0 radical (unpaired) electrons. The van der Waals surface area contributed by atoms with E-state index in [9.17, 15) is 13.7 Å². The molecule has 1 amide bonds. The molecule has 2 aromatic heterocycles. The van der Waals surface area contributed by atoms with Crippen molar-refractivity contribution < 1.29 is 22.7 Å². The van der Waals surface area contributed by atoms with Crippen molar-refractivity contribution in [1.29, 1.82) is 5.26 Å². The maximum Gasteiger partial charge on any atom is 0.288 e. The Kier molecular flexibility index (Phi) is 8.61. The normalized spacial score (nSPS) is 18.3. The molecule has 0 aliphatic carbocycles. The van der Waals surface area contributed by atoms with Crippen LogP contribution in [0.15, 0.2) is 84.1 Å². The molecule has 47 heavy (non-hydrogen) atoms. The maximum atomic E-state index is 15.2. The summed E-state index contributed by atoms with van der Waals surface area (Å²) in [6.07, 6.45) is 3.11. The number of para-hydroxylation sites is 1. The van der Waals surface area contributed by atoms with Crippen LogP contribution in [0.1, 0.15) is 49.1 Å². The summed E-state index contributed by atoms with van der Waals surface area (Å²) in [4.78, 5) is 28.2. The molecule has 6 rings (SSSR count). The zero-order chi connectivity index (χ0) is 33.3. The van der Waals surface area contributed by atoms with Crippen molar-refractivity contribution in [2.24, 2.45) is 0 Å². The smallest absolute Gasteiger partial charge is 0.288 e. The molecule has 0 N–H and O–H groups in total. The lowest BCUT2D eigenvalue weighted by molar-refractivity contribution is -0.127. The highest BCUT2D eigenvalue weighted by Gasteiger charge is 2.60. The first-order valence-electron chi connectivity index (χ1n) is 15.5. The molecule has 2 aliphatic heterocycles. The average molecular weight is 653 g/mol. The highest BCUT2D eigenvalue weighted by molar-refractivity contribution is 7.93. The number of fused-ring (bicyclic) bond motifs is 1. The number of methoxy groups -OCH3 is 1. The number of ether oxygens (including phenoxy) is 2. The molecule has 0 spiro atoms. The van der Waals surface area contributed by atoms with Gasteiger partial charge in [-0.15, -0.1) is 0 Å².